The normalized spacial score (nSPS) is 19.7. The van der Waals surface area contributed by atoms with Gasteiger partial charge in [-0.3, -0.25) is 4.79 Å². The van der Waals surface area contributed by atoms with Crippen molar-refractivity contribution >= 4 is 22.5 Å². The van der Waals surface area contributed by atoms with Gasteiger partial charge in [0.15, 0.2) is 5.78 Å². The van der Waals surface area contributed by atoms with Crippen molar-refractivity contribution in [3.05, 3.63) is 100 Å². The first-order valence-corrected chi connectivity index (χ1v) is 12.5. The molecule has 0 bridgehead atoms. The van der Waals surface area contributed by atoms with E-state index in [-0.39, 0.29) is 17.7 Å². The highest BCUT2D eigenvalue weighted by atomic mass is 16.5. The molecule has 5 heteroatoms. The highest BCUT2D eigenvalue weighted by molar-refractivity contribution is 6.05. The lowest BCUT2D eigenvalue weighted by atomic mass is 9.71. The molecule has 0 radical (unpaired) electrons. The molecule has 36 heavy (non-hydrogen) atoms. The summed E-state index contributed by atoms with van der Waals surface area (Å²) >= 11 is 0. The Morgan fingerprint density at radius 2 is 1.75 bits per heavy atom. The van der Waals surface area contributed by atoms with Gasteiger partial charge in [0, 0.05) is 29.3 Å². The fourth-order valence-electron chi connectivity index (χ4n) is 5.51. The van der Waals surface area contributed by atoms with Crippen LogP contribution < -0.4 is 10.1 Å². The second-order valence-corrected chi connectivity index (χ2v) is 9.49. The maximum atomic E-state index is 13.8. The number of ether oxygens (including phenoxy) is 2. The largest absolute Gasteiger partial charge is 0.497 e. The second-order valence-electron chi connectivity index (χ2n) is 9.49. The number of esters is 1. The molecule has 3 aromatic rings. The molecule has 0 saturated heterocycles. The molecule has 5 nitrogen and oxygen atoms in total. The van der Waals surface area contributed by atoms with Gasteiger partial charge in [-0.15, -0.1) is 0 Å². The van der Waals surface area contributed by atoms with Crippen LogP contribution in [0.25, 0.3) is 10.8 Å². The number of hydrogen-bond donors (Lipinski definition) is 1. The Kier molecular flexibility index (Phi) is 6.64. The molecule has 1 heterocycles. The Morgan fingerprint density at radius 1 is 1.00 bits per heavy atom. The molecule has 0 amide bonds. The molecule has 2 unspecified atom stereocenters. The van der Waals surface area contributed by atoms with E-state index >= 15 is 0 Å². The molecule has 184 valence electrons. The van der Waals surface area contributed by atoms with Crippen molar-refractivity contribution in [2.45, 2.75) is 44.9 Å². The fraction of sp³-hybridized carbons (Fsp3) is 0.290. The van der Waals surface area contributed by atoms with E-state index in [0.29, 0.717) is 30.6 Å². The van der Waals surface area contributed by atoms with Crippen molar-refractivity contribution in [2.24, 2.45) is 0 Å². The highest BCUT2D eigenvalue weighted by Gasteiger charge is 2.41. The van der Waals surface area contributed by atoms with Gasteiger partial charge >= 0.3 is 5.97 Å². The summed E-state index contributed by atoms with van der Waals surface area (Å²) in [5.74, 6) is 0.0825. The van der Waals surface area contributed by atoms with E-state index in [2.05, 4.69) is 23.5 Å². The second kappa shape index (κ2) is 10.0. The van der Waals surface area contributed by atoms with Crippen LogP contribution in [0.5, 0.6) is 5.75 Å². The number of dihydropyridines is 1. The summed E-state index contributed by atoms with van der Waals surface area (Å²) in [6.45, 7) is 4.23. The van der Waals surface area contributed by atoms with E-state index in [4.69, 9.17) is 9.47 Å². The molecule has 0 saturated carbocycles. The first kappa shape index (κ1) is 23.9. The summed E-state index contributed by atoms with van der Waals surface area (Å²) in [7, 11) is 1.65. The highest BCUT2D eigenvalue weighted by Crippen LogP contribution is 2.47. The Labute approximate surface area is 211 Å². The number of benzene rings is 3. The zero-order valence-electron chi connectivity index (χ0n) is 21.0. The van der Waals surface area contributed by atoms with Crippen molar-refractivity contribution in [1.82, 2.24) is 5.32 Å². The van der Waals surface area contributed by atoms with Gasteiger partial charge in [-0.05, 0) is 59.7 Å². The van der Waals surface area contributed by atoms with Crippen molar-refractivity contribution < 1.29 is 19.1 Å². The van der Waals surface area contributed by atoms with Crippen LogP contribution in [0.1, 0.15) is 56.1 Å². The topological polar surface area (TPSA) is 64.6 Å². The Hall–Kier alpha value is -3.86. The molecule has 0 fully saturated rings. The summed E-state index contributed by atoms with van der Waals surface area (Å²) in [5.41, 5.74) is 4.92. The lowest BCUT2D eigenvalue weighted by Gasteiger charge is -2.37. The Balaban J connectivity index is 1.62. The lowest BCUT2D eigenvalue weighted by molar-refractivity contribution is -0.139. The van der Waals surface area contributed by atoms with E-state index < -0.39 is 5.92 Å². The van der Waals surface area contributed by atoms with Crippen LogP contribution >= 0.6 is 0 Å². The van der Waals surface area contributed by atoms with Crippen molar-refractivity contribution in [3.8, 4) is 5.75 Å². The third kappa shape index (κ3) is 4.30. The zero-order chi connectivity index (χ0) is 25.2. The Bertz CT molecular complexity index is 1380. The average Bonchev–Trinajstić information content (AvgIpc) is 2.90. The summed E-state index contributed by atoms with van der Waals surface area (Å²) < 4.78 is 10.9. The number of hydrogen-bond acceptors (Lipinski definition) is 5. The van der Waals surface area contributed by atoms with Gasteiger partial charge in [0.25, 0.3) is 0 Å². The zero-order valence-corrected chi connectivity index (χ0v) is 21.0. The number of allylic oxidation sites excluding steroid dienone is 3. The number of carbonyl (C=O) groups is 2. The van der Waals surface area contributed by atoms with Gasteiger partial charge in [0.1, 0.15) is 5.75 Å². The van der Waals surface area contributed by atoms with E-state index in [1.54, 1.807) is 7.11 Å². The number of Topliss-reactive ketones (excluding diaryl/α,β-unsaturated/α-hetero) is 1. The molecule has 2 atom stereocenters. The predicted molar refractivity (Wildman–Crippen MR) is 141 cm³/mol. The molecular formula is C31H31NO4. The number of ketones is 1. The van der Waals surface area contributed by atoms with E-state index in [1.165, 1.54) is 0 Å². The van der Waals surface area contributed by atoms with Crippen molar-refractivity contribution in [3.63, 3.8) is 0 Å². The first-order valence-electron chi connectivity index (χ1n) is 12.5. The summed E-state index contributed by atoms with van der Waals surface area (Å²) in [5, 5.41) is 5.56. The summed E-state index contributed by atoms with van der Waals surface area (Å²) in [4.78, 5) is 27.2. The molecule has 1 aliphatic heterocycles. The molecule has 2 aliphatic rings. The Morgan fingerprint density at radius 3 is 2.50 bits per heavy atom. The van der Waals surface area contributed by atoms with Gasteiger partial charge in [-0.1, -0.05) is 61.5 Å². The van der Waals surface area contributed by atoms with Crippen LogP contribution in [0.3, 0.4) is 0 Å². The third-order valence-corrected chi connectivity index (χ3v) is 7.21. The maximum Gasteiger partial charge on any atom is 0.336 e. The van der Waals surface area contributed by atoms with Gasteiger partial charge in [-0.2, -0.15) is 0 Å². The van der Waals surface area contributed by atoms with Crippen molar-refractivity contribution in [2.75, 3.05) is 13.7 Å². The molecule has 5 rings (SSSR count). The van der Waals surface area contributed by atoms with Crippen LogP contribution in [0.4, 0.5) is 0 Å². The van der Waals surface area contributed by atoms with Crippen LogP contribution in [0, 0.1) is 0 Å². The average molecular weight is 482 g/mol. The van der Waals surface area contributed by atoms with E-state index in [1.807, 2.05) is 62.4 Å². The van der Waals surface area contributed by atoms with Crippen LogP contribution in [-0.4, -0.2) is 25.5 Å². The molecular weight excluding hydrogens is 450 g/mol. The predicted octanol–water partition coefficient (Wildman–Crippen LogP) is 6.16. The lowest BCUT2D eigenvalue weighted by Crippen LogP contribution is -2.36. The number of rotatable bonds is 6. The quantitative estimate of drug-likeness (QED) is 0.427. The van der Waals surface area contributed by atoms with E-state index in [0.717, 1.165) is 45.5 Å². The SMILES string of the molecule is CCCOC(=O)C1=C(C)NC2=C(C(=O)CC(c3ccc(OC)cc3)C2)C1c1cccc2ccccc12. The number of carbonyl (C=O) groups excluding carboxylic acids is 2. The fourth-order valence-corrected chi connectivity index (χ4v) is 5.51. The van der Waals surface area contributed by atoms with Gasteiger partial charge in [0.2, 0.25) is 0 Å². The van der Waals surface area contributed by atoms with Crippen LogP contribution in [0.15, 0.2) is 89.3 Å². The van der Waals surface area contributed by atoms with Crippen LogP contribution in [-0.2, 0) is 14.3 Å². The third-order valence-electron chi connectivity index (χ3n) is 7.21. The summed E-state index contributed by atoms with van der Waals surface area (Å²) in [6, 6.07) is 22.1. The molecule has 0 aromatic heterocycles. The van der Waals surface area contributed by atoms with Gasteiger partial charge in [0.05, 0.1) is 19.3 Å². The summed E-state index contributed by atoms with van der Waals surface area (Å²) in [6.07, 6.45) is 1.83. The minimum atomic E-state index is -0.471. The number of methoxy groups -OCH3 is 1. The molecule has 3 aromatic carbocycles. The van der Waals surface area contributed by atoms with Crippen LogP contribution in [0.2, 0.25) is 0 Å². The monoisotopic (exact) mass is 481 g/mol. The van der Waals surface area contributed by atoms with Crippen molar-refractivity contribution in [1.29, 1.82) is 0 Å². The van der Waals surface area contributed by atoms with Gasteiger partial charge < -0.3 is 14.8 Å². The smallest absolute Gasteiger partial charge is 0.336 e. The molecule has 1 N–H and O–H groups in total. The minimum absolute atomic E-state index is 0.0595. The number of fused-ring (bicyclic) bond motifs is 1. The first-order chi connectivity index (χ1) is 17.5. The minimum Gasteiger partial charge on any atom is -0.497 e. The van der Waals surface area contributed by atoms with E-state index in [9.17, 15) is 9.59 Å². The standard InChI is InChI=1S/C31H31NO4/c1-4-16-36-31(34)28-19(2)32-26-17-22(20-12-14-23(35-3)15-13-20)18-27(33)30(26)29(28)25-11-7-9-21-8-5-6-10-24(21)25/h5-15,22,29,32H,4,16-18H2,1-3H3. The maximum absolute atomic E-state index is 13.8. The molecule has 0 spiro atoms. The van der Waals surface area contributed by atoms with Gasteiger partial charge in [-0.25, -0.2) is 4.79 Å². The number of nitrogens with one attached hydrogen (secondary N) is 1. The molecule has 1 aliphatic carbocycles.